The van der Waals surface area contributed by atoms with Crippen molar-refractivity contribution in [3.8, 4) is 0 Å². The molecule has 0 aliphatic carbocycles. The molecule has 0 N–H and O–H groups in total. The maximum absolute atomic E-state index is 12.5. The smallest absolute Gasteiger partial charge is 0.237 e. The molecule has 1 aromatic rings. The Labute approximate surface area is 151 Å². The quantitative estimate of drug-likeness (QED) is 0.715. The van der Waals surface area contributed by atoms with Crippen LogP contribution < -0.4 is 0 Å². The third-order valence-corrected chi connectivity index (χ3v) is 4.91. The number of hydrogen-bond acceptors (Lipinski definition) is 5. The van der Waals surface area contributed by atoms with Crippen LogP contribution in [0.15, 0.2) is 24.3 Å². The fraction of sp³-hybridized carbons (Fsp3) is 0.500. The number of rotatable bonds is 6. The van der Waals surface area contributed by atoms with Gasteiger partial charge in [-0.2, -0.15) is 0 Å². The molecule has 134 valence electrons. The zero-order valence-corrected chi connectivity index (χ0v) is 14.7. The van der Waals surface area contributed by atoms with E-state index >= 15 is 0 Å². The van der Waals surface area contributed by atoms with Crippen molar-refractivity contribution in [1.29, 1.82) is 0 Å². The van der Waals surface area contributed by atoms with Crippen molar-refractivity contribution in [2.24, 2.45) is 0 Å². The van der Waals surface area contributed by atoms with Crippen LogP contribution in [0.2, 0.25) is 5.02 Å². The number of imide groups is 1. The van der Waals surface area contributed by atoms with Gasteiger partial charge >= 0.3 is 0 Å². The molecule has 7 heteroatoms. The molecule has 2 aliphatic heterocycles. The number of nitrogens with zero attached hydrogens (tertiary/aromatic N) is 2. The van der Waals surface area contributed by atoms with E-state index in [2.05, 4.69) is 4.90 Å². The Morgan fingerprint density at radius 3 is 2.52 bits per heavy atom. The molecule has 6 nitrogen and oxygen atoms in total. The second-order valence-electron chi connectivity index (χ2n) is 6.37. The van der Waals surface area contributed by atoms with Crippen molar-refractivity contribution in [1.82, 2.24) is 9.80 Å². The maximum Gasteiger partial charge on any atom is 0.237 e. The molecule has 1 aromatic carbocycles. The van der Waals surface area contributed by atoms with E-state index in [1.807, 2.05) is 0 Å². The van der Waals surface area contributed by atoms with Crippen LogP contribution in [0.1, 0.15) is 24.3 Å². The van der Waals surface area contributed by atoms with Gasteiger partial charge in [0, 0.05) is 37.5 Å². The lowest BCUT2D eigenvalue weighted by atomic mass is 9.98. The summed E-state index contributed by atoms with van der Waals surface area (Å²) in [6.45, 7) is 3.49. The van der Waals surface area contributed by atoms with Gasteiger partial charge in [-0.25, -0.2) is 0 Å². The fourth-order valence-corrected chi connectivity index (χ4v) is 3.29. The van der Waals surface area contributed by atoms with Crippen LogP contribution in [0.25, 0.3) is 0 Å². The molecule has 1 unspecified atom stereocenters. The van der Waals surface area contributed by atoms with Gasteiger partial charge in [0.15, 0.2) is 5.78 Å². The van der Waals surface area contributed by atoms with Gasteiger partial charge in [-0.1, -0.05) is 23.7 Å². The lowest BCUT2D eigenvalue weighted by Crippen LogP contribution is -2.39. The fourth-order valence-electron chi connectivity index (χ4n) is 3.17. The van der Waals surface area contributed by atoms with Gasteiger partial charge < -0.3 is 4.74 Å². The summed E-state index contributed by atoms with van der Waals surface area (Å²) in [5.41, 5.74) is 0.756. The molecule has 0 radical (unpaired) electrons. The van der Waals surface area contributed by atoms with E-state index in [-0.39, 0.29) is 30.6 Å². The number of hydrogen-bond donors (Lipinski definition) is 0. The summed E-state index contributed by atoms with van der Waals surface area (Å²) in [6.07, 6.45) is 0.444. The summed E-state index contributed by atoms with van der Waals surface area (Å²) in [6, 6.07) is 6.90. The summed E-state index contributed by atoms with van der Waals surface area (Å²) in [4.78, 5) is 40.2. The van der Waals surface area contributed by atoms with Crippen molar-refractivity contribution in [2.75, 3.05) is 39.4 Å². The molecular weight excluding hydrogens is 344 g/mol. The molecule has 2 aliphatic rings. The molecule has 2 fully saturated rings. The van der Waals surface area contributed by atoms with E-state index in [0.717, 1.165) is 23.6 Å². The molecule has 2 heterocycles. The zero-order valence-electron chi connectivity index (χ0n) is 13.9. The second kappa shape index (κ2) is 8.08. The predicted molar refractivity (Wildman–Crippen MR) is 92.4 cm³/mol. The van der Waals surface area contributed by atoms with Gasteiger partial charge in [0.2, 0.25) is 11.8 Å². The van der Waals surface area contributed by atoms with Crippen LogP contribution in [0.4, 0.5) is 0 Å². The Kier molecular flexibility index (Phi) is 5.83. The van der Waals surface area contributed by atoms with E-state index in [0.29, 0.717) is 31.2 Å². The van der Waals surface area contributed by atoms with E-state index in [4.69, 9.17) is 16.3 Å². The minimum absolute atomic E-state index is 0.0926. The average Bonchev–Trinajstić information content (AvgIpc) is 2.90. The zero-order chi connectivity index (χ0) is 17.8. The summed E-state index contributed by atoms with van der Waals surface area (Å²) in [7, 11) is 0. The lowest BCUT2D eigenvalue weighted by molar-refractivity contribution is -0.142. The molecule has 1 atom stereocenters. The second-order valence-corrected chi connectivity index (χ2v) is 6.81. The molecule has 0 spiro atoms. The Balaban J connectivity index is 1.55. The molecule has 3 rings (SSSR count). The molecule has 2 amide bonds. The minimum atomic E-state index is -0.517. The van der Waals surface area contributed by atoms with E-state index in [1.165, 1.54) is 0 Å². The first-order chi connectivity index (χ1) is 12.0. The van der Waals surface area contributed by atoms with Gasteiger partial charge in [-0.05, 0) is 17.7 Å². The van der Waals surface area contributed by atoms with Crippen molar-refractivity contribution >= 4 is 29.2 Å². The van der Waals surface area contributed by atoms with Crippen LogP contribution in [0.5, 0.6) is 0 Å². The molecule has 0 saturated carbocycles. The van der Waals surface area contributed by atoms with Crippen LogP contribution in [0, 0.1) is 0 Å². The van der Waals surface area contributed by atoms with Crippen molar-refractivity contribution in [2.45, 2.75) is 18.8 Å². The largest absolute Gasteiger partial charge is 0.379 e. The molecule has 0 bridgehead atoms. The van der Waals surface area contributed by atoms with Crippen molar-refractivity contribution < 1.29 is 19.1 Å². The third-order valence-electron chi connectivity index (χ3n) is 4.66. The highest BCUT2D eigenvalue weighted by Gasteiger charge is 2.40. The summed E-state index contributed by atoms with van der Waals surface area (Å²) < 4.78 is 5.27. The van der Waals surface area contributed by atoms with Crippen molar-refractivity contribution in [3.63, 3.8) is 0 Å². The maximum atomic E-state index is 12.5. The Morgan fingerprint density at radius 1 is 1.16 bits per heavy atom. The highest BCUT2D eigenvalue weighted by atomic mass is 35.5. The highest BCUT2D eigenvalue weighted by molar-refractivity contribution is 6.30. The van der Waals surface area contributed by atoms with E-state index in [1.54, 1.807) is 24.3 Å². The van der Waals surface area contributed by atoms with Gasteiger partial charge in [-0.15, -0.1) is 0 Å². The Morgan fingerprint density at radius 2 is 1.84 bits per heavy atom. The number of ketones is 1. The predicted octanol–water partition coefficient (Wildman–Crippen LogP) is 1.47. The number of likely N-dealkylation sites (tertiary alicyclic amines) is 1. The Hall–Kier alpha value is -1.76. The summed E-state index contributed by atoms with van der Waals surface area (Å²) >= 11 is 5.86. The molecular formula is C18H21ClN2O4. The lowest BCUT2D eigenvalue weighted by Gasteiger charge is -2.26. The van der Waals surface area contributed by atoms with Gasteiger partial charge in [0.05, 0.1) is 25.7 Å². The van der Waals surface area contributed by atoms with E-state index < -0.39 is 5.92 Å². The number of amides is 2. The molecule has 0 aromatic heterocycles. The standard InChI is InChI=1S/C18H21ClN2O4/c19-14-3-1-13(2-4-14)16-11-17(23)21(18(16)24)12-15(22)5-6-20-7-9-25-10-8-20/h1-4,16H,5-12H2. The highest BCUT2D eigenvalue weighted by Crippen LogP contribution is 2.30. The topological polar surface area (TPSA) is 66.9 Å². The molecule has 2 saturated heterocycles. The first-order valence-electron chi connectivity index (χ1n) is 8.46. The number of ether oxygens (including phenoxy) is 1. The van der Waals surface area contributed by atoms with Crippen LogP contribution in [-0.2, 0) is 19.1 Å². The normalized spacial score (nSPS) is 21.8. The SMILES string of the molecule is O=C(CCN1CCOCC1)CN1C(=O)CC(c2ccc(Cl)cc2)C1=O. The summed E-state index contributed by atoms with van der Waals surface area (Å²) in [5.74, 6) is -1.20. The minimum Gasteiger partial charge on any atom is -0.379 e. The number of benzene rings is 1. The number of carbonyl (C=O) groups is 3. The summed E-state index contributed by atoms with van der Waals surface area (Å²) in [5, 5.41) is 0.579. The number of morpholine rings is 1. The number of halogens is 1. The van der Waals surface area contributed by atoms with Gasteiger partial charge in [0.1, 0.15) is 0 Å². The van der Waals surface area contributed by atoms with E-state index in [9.17, 15) is 14.4 Å². The van der Waals surface area contributed by atoms with Gasteiger partial charge in [-0.3, -0.25) is 24.2 Å². The van der Waals surface area contributed by atoms with Crippen LogP contribution in [0.3, 0.4) is 0 Å². The van der Waals surface area contributed by atoms with Crippen LogP contribution >= 0.6 is 11.6 Å². The van der Waals surface area contributed by atoms with Crippen molar-refractivity contribution in [3.05, 3.63) is 34.9 Å². The number of Topliss-reactive ketones (excluding diaryl/α,β-unsaturated/α-hetero) is 1. The Bertz CT molecular complexity index is 656. The third kappa shape index (κ3) is 4.45. The molecule has 25 heavy (non-hydrogen) atoms. The first-order valence-corrected chi connectivity index (χ1v) is 8.84. The monoisotopic (exact) mass is 364 g/mol. The first kappa shape index (κ1) is 18.0. The number of carbonyl (C=O) groups excluding carboxylic acids is 3. The average molecular weight is 365 g/mol. The van der Waals surface area contributed by atoms with Gasteiger partial charge in [0.25, 0.3) is 0 Å². The van der Waals surface area contributed by atoms with Crippen LogP contribution in [-0.4, -0.2) is 66.8 Å².